The third-order valence-corrected chi connectivity index (χ3v) is 6.40. The number of ketones is 1. The topological polar surface area (TPSA) is 81.3 Å². The van der Waals surface area contributed by atoms with Crippen LogP contribution in [0.1, 0.15) is 48.5 Å². The monoisotopic (exact) mass is 402 g/mol. The lowest BCUT2D eigenvalue weighted by molar-refractivity contribution is 0.0973. The first-order valence-corrected chi connectivity index (χ1v) is 10.8. The number of aryl methyl sites for hydroxylation is 2. The van der Waals surface area contributed by atoms with E-state index >= 15 is 0 Å². The van der Waals surface area contributed by atoms with Crippen LogP contribution in [0.4, 0.5) is 0 Å². The number of rotatable bonds is 5. The highest BCUT2D eigenvalue weighted by Crippen LogP contribution is 2.34. The van der Waals surface area contributed by atoms with Gasteiger partial charge in [0.25, 0.3) is 5.56 Å². The predicted molar refractivity (Wildman–Crippen MR) is 113 cm³/mol. The molecule has 0 bridgehead atoms. The van der Waals surface area contributed by atoms with Gasteiger partial charge in [-0.2, -0.15) is 0 Å². The first-order chi connectivity index (χ1) is 13.3. The van der Waals surface area contributed by atoms with Gasteiger partial charge in [-0.1, -0.05) is 6.92 Å². The van der Waals surface area contributed by atoms with Crippen molar-refractivity contribution in [1.29, 1.82) is 0 Å². The summed E-state index contributed by atoms with van der Waals surface area (Å²) < 4.78 is 2.68. The minimum atomic E-state index is -0.782. The van der Waals surface area contributed by atoms with Crippen LogP contribution in [0.3, 0.4) is 0 Å². The van der Waals surface area contributed by atoms with Crippen LogP contribution in [0, 0.1) is 6.92 Å². The number of Topliss-reactive ketones (excluding diaryl/α,β-unsaturated/α-hetero) is 1. The zero-order valence-corrected chi connectivity index (χ0v) is 17.6. The van der Waals surface area contributed by atoms with Crippen molar-refractivity contribution in [3.63, 3.8) is 0 Å². The molecule has 1 atom stereocenters. The summed E-state index contributed by atoms with van der Waals surface area (Å²) in [5, 5.41) is 10.8. The second kappa shape index (κ2) is 8.09. The summed E-state index contributed by atoms with van der Waals surface area (Å²) in [6, 6.07) is 3.32. The standard InChI is InChI=1S/C21H26N2O4S/c1-5-11-23-20(26)17-12(2)13(9-10-14(17)22(3)21(23)27)19(25)18-15(24)7-6-8-16(18)28-4/h9-10,15,24H,5-8,11H2,1-4H3. The van der Waals surface area contributed by atoms with Crippen molar-refractivity contribution in [2.45, 2.75) is 52.2 Å². The fraction of sp³-hybridized carbons (Fsp3) is 0.476. The van der Waals surface area contributed by atoms with Gasteiger partial charge >= 0.3 is 5.69 Å². The number of aliphatic hydroxyl groups is 1. The Morgan fingerprint density at radius 1 is 1.32 bits per heavy atom. The van der Waals surface area contributed by atoms with E-state index < -0.39 is 6.10 Å². The molecule has 2 aromatic rings. The van der Waals surface area contributed by atoms with E-state index in [-0.39, 0.29) is 17.0 Å². The lowest BCUT2D eigenvalue weighted by atomic mass is 9.88. The minimum absolute atomic E-state index is 0.230. The lowest BCUT2D eigenvalue weighted by Gasteiger charge is -2.24. The van der Waals surface area contributed by atoms with E-state index in [2.05, 4.69) is 0 Å². The van der Waals surface area contributed by atoms with Crippen LogP contribution in [-0.4, -0.2) is 32.4 Å². The molecule has 1 aromatic heterocycles. The van der Waals surface area contributed by atoms with Crippen molar-refractivity contribution in [3.05, 3.63) is 54.6 Å². The van der Waals surface area contributed by atoms with Crippen molar-refractivity contribution < 1.29 is 9.90 Å². The average molecular weight is 403 g/mol. The predicted octanol–water partition coefficient (Wildman–Crippen LogP) is 2.76. The molecule has 0 spiro atoms. The minimum Gasteiger partial charge on any atom is -0.388 e. The molecule has 0 fully saturated rings. The third kappa shape index (κ3) is 3.26. The van der Waals surface area contributed by atoms with Crippen LogP contribution in [0.5, 0.6) is 0 Å². The molecule has 1 heterocycles. The Balaban J connectivity index is 2.28. The Morgan fingerprint density at radius 3 is 2.68 bits per heavy atom. The van der Waals surface area contributed by atoms with Crippen LogP contribution in [-0.2, 0) is 13.6 Å². The summed E-state index contributed by atoms with van der Waals surface area (Å²) in [7, 11) is 1.64. The van der Waals surface area contributed by atoms with Gasteiger partial charge in [0.2, 0.25) is 0 Å². The number of allylic oxidation sites excluding steroid dienone is 1. The Labute approximate surface area is 167 Å². The Morgan fingerprint density at radius 2 is 2.04 bits per heavy atom. The van der Waals surface area contributed by atoms with Crippen molar-refractivity contribution in [2.24, 2.45) is 7.05 Å². The summed E-state index contributed by atoms with van der Waals surface area (Å²) in [5.74, 6) is -0.230. The maximum absolute atomic E-state index is 13.3. The molecule has 1 aliphatic carbocycles. The fourth-order valence-corrected chi connectivity index (χ4v) is 4.77. The maximum atomic E-state index is 13.3. The number of hydrogen-bond acceptors (Lipinski definition) is 5. The van der Waals surface area contributed by atoms with Gasteiger partial charge in [-0.05, 0) is 61.5 Å². The molecule has 0 radical (unpaired) electrons. The summed E-state index contributed by atoms with van der Waals surface area (Å²) in [6.45, 7) is 3.98. The van der Waals surface area contributed by atoms with Crippen molar-refractivity contribution >= 4 is 28.4 Å². The van der Waals surface area contributed by atoms with E-state index in [0.717, 1.165) is 17.7 Å². The van der Waals surface area contributed by atoms with Gasteiger partial charge in [-0.3, -0.25) is 18.7 Å². The van der Waals surface area contributed by atoms with E-state index in [1.807, 2.05) is 13.2 Å². The number of aromatic nitrogens is 2. The number of nitrogens with zero attached hydrogens (tertiary/aromatic N) is 2. The Bertz CT molecular complexity index is 1090. The summed E-state index contributed by atoms with van der Waals surface area (Å²) in [4.78, 5) is 39.8. The quantitative estimate of drug-likeness (QED) is 0.778. The zero-order valence-electron chi connectivity index (χ0n) is 16.7. The Kier molecular flexibility index (Phi) is 5.95. The molecular formula is C21H26N2O4S. The third-order valence-electron chi connectivity index (χ3n) is 5.48. The van der Waals surface area contributed by atoms with Gasteiger partial charge in [0.1, 0.15) is 0 Å². The van der Waals surface area contributed by atoms with E-state index in [1.165, 1.54) is 20.9 Å². The van der Waals surface area contributed by atoms with Crippen LogP contribution in [0.25, 0.3) is 10.9 Å². The molecule has 3 rings (SSSR count). The largest absolute Gasteiger partial charge is 0.388 e. The number of aliphatic hydroxyl groups excluding tert-OH is 1. The maximum Gasteiger partial charge on any atom is 0.331 e. The number of fused-ring (bicyclic) bond motifs is 1. The van der Waals surface area contributed by atoms with Gasteiger partial charge in [0, 0.05) is 24.7 Å². The average Bonchev–Trinajstić information content (AvgIpc) is 2.68. The van der Waals surface area contributed by atoms with Crippen LogP contribution in [0.15, 0.2) is 32.2 Å². The molecule has 0 saturated carbocycles. The number of thioether (sulfide) groups is 1. The number of carbonyl (C=O) groups is 1. The molecular weight excluding hydrogens is 376 g/mol. The number of carbonyl (C=O) groups excluding carboxylic acids is 1. The van der Waals surface area contributed by atoms with Crippen molar-refractivity contribution in [1.82, 2.24) is 9.13 Å². The lowest BCUT2D eigenvalue weighted by Crippen LogP contribution is -2.39. The smallest absolute Gasteiger partial charge is 0.331 e. The fourth-order valence-electron chi connectivity index (χ4n) is 3.98. The second-order valence-electron chi connectivity index (χ2n) is 7.21. The van der Waals surface area contributed by atoms with Gasteiger partial charge in [0.05, 0.1) is 17.0 Å². The molecule has 6 nitrogen and oxygen atoms in total. The second-order valence-corrected chi connectivity index (χ2v) is 8.11. The van der Waals surface area contributed by atoms with E-state index in [0.29, 0.717) is 47.0 Å². The van der Waals surface area contributed by atoms with Crippen molar-refractivity contribution in [2.75, 3.05) is 6.26 Å². The molecule has 0 aliphatic heterocycles. The number of hydrogen-bond donors (Lipinski definition) is 1. The van der Waals surface area contributed by atoms with E-state index in [4.69, 9.17) is 0 Å². The molecule has 1 aromatic carbocycles. The van der Waals surface area contributed by atoms with Crippen LogP contribution < -0.4 is 11.2 Å². The van der Waals surface area contributed by atoms with Crippen LogP contribution in [0.2, 0.25) is 0 Å². The molecule has 28 heavy (non-hydrogen) atoms. The molecule has 0 saturated heterocycles. The zero-order chi connectivity index (χ0) is 20.6. The highest BCUT2D eigenvalue weighted by atomic mass is 32.2. The van der Waals surface area contributed by atoms with Gasteiger partial charge < -0.3 is 5.11 Å². The first-order valence-electron chi connectivity index (χ1n) is 9.56. The van der Waals surface area contributed by atoms with Crippen LogP contribution >= 0.6 is 11.8 Å². The molecule has 7 heteroatoms. The first kappa shape index (κ1) is 20.6. The number of benzene rings is 1. The highest BCUT2D eigenvalue weighted by molar-refractivity contribution is 8.02. The highest BCUT2D eigenvalue weighted by Gasteiger charge is 2.29. The van der Waals surface area contributed by atoms with Gasteiger partial charge in [-0.25, -0.2) is 4.79 Å². The molecule has 150 valence electrons. The molecule has 1 unspecified atom stereocenters. The summed E-state index contributed by atoms with van der Waals surface area (Å²) in [5.41, 5.74) is 1.20. The summed E-state index contributed by atoms with van der Waals surface area (Å²) >= 11 is 1.49. The molecule has 1 N–H and O–H groups in total. The van der Waals surface area contributed by atoms with E-state index in [1.54, 1.807) is 26.1 Å². The molecule has 0 amide bonds. The van der Waals surface area contributed by atoms with Gasteiger partial charge in [-0.15, -0.1) is 11.8 Å². The molecule has 1 aliphatic rings. The van der Waals surface area contributed by atoms with E-state index in [9.17, 15) is 19.5 Å². The normalized spacial score (nSPS) is 17.4. The van der Waals surface area contributed by atoms with Gasteiger partial charge in [0.15, 0.2) is 5.78 Å². The SMILES string of the molecule is CCCn1c(=O)c2c(C)c(C(=O)C3=C(SC)CCCC3O)ccc2n(C)c1=O. The Hall–Kier alpha value is -2.12. The summed E-state index contributed by atoms with van der Waals surface area (Å²) in [6.07, 6.45) is 3.99. The van der Waals surface area contributed by atoms with Crippen molar-refractivity contribution in [3.8, 4) is 0 Å².